The lowest BCUT2D eigenvalue weighted by atomic mass is 10.1. The van der Waals surface area contributed by atoms with Crippen molar-refractivity contribution in [2.75, 3.05) is 20.2 Å². The highest BCUT2D eigenvalue weighted by Gasteiger charge is 2.39. The molecule has 0 spiro atoms. The lowest BCUT2D eigenvalue weighted by Crippen LogP contribution is -2.62. The van der Waals surface area contributed by atoms with Crippen molar-refractivity contribution in [1.82, 2.24) is 9.62 Å². The van der Waals surface area contributed by atoms with Crippen LogP contribution >= 0.6 is 0 Å². The molecule has 1 amide bonds. The van der Waals surface area contributed by atoms with Crippen molar-refractivity contribution in [2.45, 2.75) is 30.5 Å². The van der Waals surface area contributed by atoms with Gasteiger partial charge in [-0.05, 0) is 38.1 Å². The van der Waals surface area contributed by atoms with Gasteiger partial charge < -0.3 is 10.1 Å². The number of nitrogens with one attached hydrogen (secondary N) is 1. The minimum Gasteiger partial charge on any atom is -0.497 e. The second-order valence-corrected chi connectivity index (χ2v) is 7.58. The van der Waals surface area contributed by atoms with E-state index in [9.17, 15) is 17.6 Å². The van der Waals surface area contributed by atoms with Crippen LogP contribution in [0.2, 0.25) is 0 Å². The van der Waals surface area contributed by atoms with Gasteiger partial charge in [-0.2, -0.15) is 4.31 Å². The molecular weight excluding hydrogens is 311 g/mol. The molecule has 1 fully saturated rings. The molecule has 1 saturated heterocycles. The van der Waals surface area contributed by atoms with Gasteiger partial charge in [0.15, 0.2) is 5.67 Å². The zero-order chi connectivity index (χ0) is 16.5. The summed E-state index contributed by atoms with van der Waals surface area (Å²) in [6.45, 7) is 2.59. The molecule has 0 aromatic heterocycles. The van der Waals surface area contributed by atoms with Gasteiger partial charge in [0.25, 0.3) is 5.91 Å². The Morgan fingerprint density at radius 3 is 2.32 bits per heavy atom. The quantitative estimate of drug-likeness (QED) is 0.871. The minimum absolute atomic E-state index is 0.135. The Morgan fingerprint density at radius 1 is 1.32 bits per heavy atom. The normalized spacial score (nSPS) is 16.9. The number of halogens is 1. The highest BCUT2D eigenvalue weighted by Crippen LogP contribution is 2.24. The van der Waals surface area contributed by atoms with E-state index in [1.54, 1.807) is 12.1 Å². The van der Waals surface area contributed by atoms with Crippen molar-refractivity contribution in [3.05, 3.63) is 24.3 Å². The summed E-state index contributed by atoms with van der Waals surface area (Å²) in [5, 5.41) is 2.49. The molecule has 1 aliphatic heterocycles. The lowest BCUT2D eigenvalue weighted by molar-refractivity contribution is -0.132. The van der Waals surface area contributed by atoms with Crippen LogP contribution in [0, 0.1) is 0 Å². The third kappa shape index (κ3) is 3.38. The molecule has 0 radical (unpaired) electrons. The van der Waals surface area contributed by atoms with Crippen LogP contribution in [0.5, 0.6) is 5.75 Å². The third-order valence-electron chi connectivity index (χ3n) is 3.42. The van der Waals surface area contributed by atoms with Gasteiger partial charge in [-0.3, -0.25) is 4.79 Å². The zero-order valence-electron chi connectivity index (χ0n) is 12.7. The molecule has 1 aromatic carbocycles. The largest absolute Gasteiger partial charge is 0.497 e. The van der Waals surface area contributed by atoms with E-state index in [2.05, 4.69) is 5.32 Å². The zero-order valence-corrected chi connectivity index (χ0v) is 13.5. The summed E-state index contributed by atoms with van der Waals surface area (Å²) >= 11 is 0. The first kappa shape index (κ1) is 16.7. The van der Waals surface area contributed by atoms with E-state index in [0.717, 1.165) is 13.8 Å². The average molecular weight is 330 g/mol. The first-order valence-corrected chi connectivity index (χ1v) is 8.22. The number of alkyl halides is 1. The number of carbonyl (C=O) groups excluding carboxylic acids is 1. The number of sulfonamides is 1. The first-order valence-electron chi connectivity index (χ1n) is 6.78. The fourth-order valence-electron chi connectivity index (χ4n) is 1.98. The van der Waals surface area contributed by atoms with Crippen LogP contribution in [0.15, 0.2) is 29.2 Å². The molecule has 1 aliphatic rings. The van der Waals surface area contributed by atoms with Crippen molar-refractivity contribution >= 4 is 15.9 Å². The van der Waals surface area contributed by atoms with Crippen LogP contribution in [0.4, 0.5) is 4.39 Å². The third-order valence-corrected chi connectivity index (χ3v) is 5.27. The van der Waals surface area contributed by atoms with Crippen LogP contribution in [0.3, 0.4) is 0 Å². The number of ether oxygens (including phenoxy) is 1. The Labute approximate surface area is 129 Å². The molecule has 0 aliphatic carbocycles. The molecule has 1 heterocycles. The standard InChI is InChI=1S/C14H19FN2O4S/c1-14(2,15)13(18)16-10-8-17(9-10)22(19,20)12-6-4-11(21-3)5-7-12/h4-7,10H,8-9H2,1-3H3,(H,16,18). The van der Waals surface area contributed by atoms with Gasteiger partial charge in [0.2, 0.25) is 10.0 Å². The van der Waals surface area contributed by atoms with Crippen molar-refractivity contribution in [3.8, 4) is 5.75 Å². The molecule has 0 bridgehead atoms. The molecule has 1 aromatic rings. The van der Waals surface area contributed by atoms with E-state index in [1.807, 2.05) is 0 Å². The number of rotatable bonds is 5. The van der Waals surface area contributed by atoms with E-state index in [0.29, 0.717) is 5.75 Å². The number of amides is 1. The molecule has 0 unspecified atom stereocenters. The molecule has 0 saturated carbocycles. The van der Waals surface area contributed by atoms with Gasteiger partial charge in [-0.25, -0.2) is 12.8 Å². The predicted octanol–water partition coefficient (Wildman–Crippen LogP) is 0.932. The molecule has 122 valence electrons. The van der Waals surface area contributed by atoms with Crippen molar-refractivity contribution < 1.29 is 22.3 Å². The smallest absolute Gasteiger partial charge is 0.257 e. The van der Waals surface area contributed by atoms with E-state index in [-0.39, 0.29) is 24.0 Å². The number of carbonyl (C=O) groups is 1. The van der Waals surface area contributed by atoms with E-state index >= 15 is 0 Å². The number of nitrogens with zero attached hydrogens (tertiary/aromatic N) is 1. The van der Waals surface area contributed by atoms with Gasteiger partial charge >= 0.3 is 0 Å². The topological polar surface area (TPSA) is 75.7 Å². The lowest BCUT2D eigenvalue weighted by Gasteiger charge is -2.39. The number of benzene rings is 1. The summed E-state index contributed by atoms with van der Waals surface area (Å²) in [4.78, 5) is 11.7. The summed E-state index contributed by atoms with van der Waals surface area (Å²) in [6.07, 6.45) is 0. The van der Waals surface area contributed by atoms with Crippen molar-refractivity contribution in [1.29, 1.82) is 0 Å². The maximum absolute atomic E-state index is 13.4. The Bertz CT molecular complexity index is 646. The molecule has 2 rings (SSSR count). The number of hydrogen-bond acceptors (Lipinski definition) is 4. The molecular formula is C14H19FN2O4S. The summed E-state index contributed by atoms with van der Waals surface area (Å²) in [6, 6.07) is 5.69. The minimum atomic E-state index is -3.60. The highest BCUT2D eigenvalue weighted by atomic mass is 32.2. The molecule has 6 nitrogen and oxygen atoms in total. The molecule has 1 N–H and O–H groups in total. The Balaban J connectivity index is 1.98. The Hall–Kier alpha value is -1.67. The molecule has 22 heavy (non-hydrogen) atoms. The van der Waals surface area contributed by atoms with Crippen LogP contribution in [0.25, 0.3) is 0 Å². The van der Waals surface area contributed by atoms with Gasteiger partial charge in [-0.1, -0.05) is 0 Å². The Morgan fingerprint density at radius 2 is 1.86 bits per heavy atom. The van der Waals surface area contributed by atoms with Crippen LogP contribution < -0.4 is 10.1 Å². The fourth-order valence-corrected chi connectivity index (χ4v) is 3.51. The number of methoxy groups -OCH3 is 1. The SMILES string of the molecule is COc1ccc(S(=O)(=O)N2CC(NC(=O)C(C)(C)F)C2)cc1. The summed E-state index contributed by atoms with van der Waals surface area (Å²) in [5.74, 6) is -0.170. The van der Waals surface area contributed by atoms with E-state index in [4.69, 9.17) is 4.74 Å². The van der Waals surface area contributed by atoms with Crippen molar-refractivity contribution in [2.24, 2.45) is 0 Å². The summed E-state index contributed by atoms with van der Waals surface area (Å²) in [7, 11) is -2.10. The van der Waals surface area contributed by atoms with Crippen molar-refractivity contribution in [3.63, 3.8) is 0 Å². The highest BCUT2D eigenvalue weighted by molar-refractivity contribution is 7.89. The number of hydrogen-bond donors (Lipinski definition) is 1. The predicted molar refractivity (Wildman–Crippen MR) is 78.9 cm³/mol. The van der Waals surface area contributed by atoms with Crippen LogP contribution in [0.1, 0.15) is 13.8 Å². The van der Waals surface area contributed by atoms with Gasteiger partial charge in [0.05, 0.1) is 18.0 Å². The average Bonchev–Trinajstić information content (AvgIpc) is 2.40. The maximum Gasteiger partial charge on any atom is 0.257 e. The molecule has 8 heteroatoms. The van der Waals surface area contributed by atoms with Gasteiger partial charge in [0.1, 0.15) is 5.75 Å². The summed E-state index contributed by atoms with van der Waals surface area (Å²) < 4.78 is 44.3. The van der Waals surface area contributed by atoms with Crippen LogP contribution in [-0.2, 0) is 14.8 Å². The Kier molecular flexibility index (Phi) is 4.44. The molecule has 0 atom stereocenters. The van der Waals surface area contributed by atoms with E-state index < -0.39 is 21.6 Å². The monoisotopic (exact) mass is 330 g/mol. The van der Waals surface area contributed by atoms with E-state index in [1.165, 1.54) is 23.5 Å². The second kappa shape index (κ2) is 5.85. The second-order valence-electron chi connectivity index (χ2n) is 5.64. The van der Waals surface area contributed by atoms with Gasteiger partial charge in [0, 0.05) is 13.1 Å². The summed E-state index contributed by atoms with van der Waals surface area (Å²) in [5.41, 5.74) is -1.98. The van der Waals surface area contributed by atoms with Crippen LogP contribution in [-0.4, -0.2) is 50.5 Å². The fraction of sp³-hybridized carbons (Fsp3) is 0.500. The maximum atomic E-state index is 13.4. The first-order chi connectivity index (χ1) is 10.1. The van der Waals surface area contributed by atoms with Gasteiger partial charge in [-0.15, -0.1) is 0 Å².